The molecule has 3 heterocycles. The zero-order valence-corrected chi connectivity index (χ0v) is 18.1. The summed E-state index contributed by atoms with van der Waals surface area (Å²) in [6, 6.07) is 9.09. The summed E-state index contributed by atoms with van der Waals surface area (Å²) in [5, 5.41) is 9.10. The van der Waals surface area contributed by atoms with E-state index < -0.39 is 10.0 Å². The highest BCUT2D eigenvalue weighted by Crippen LogP contribution is 2.44. The Bertz CT molecular complexity index is 1130. The van der Waals surface area contributed by atoms with E-state index in [9.17, 15) is 13.7 Å². The molecule has 162 valence electrons. The predicted octanol–water partition coefficient (Wildman–Crippen LogP) is 3.32. The Morgan fingerprint density at radius 2 is 1.74 bits per heavy atom. The molecule has 3 fully saturated rings. The number of sulfonamides is 1. The van der Waals surface area contributed by atoms with Gasteiger partial charge in [-0.15, -0.1) is 0 Å². The Morgan fingerprint density at radius 1 is 1.06 bits per heavy atom. The Kier molecular flexibility index (Phi) is 5.07. The Hall–Kier alpha value is -2.70. The van der Waals surface area contributed by atoms with Gasteiger partial charge in [0.05, 0.1) is 16.4 Å². The fraction of sp³-hybridized carbons (Fsp3) is 0.500. The van der Waals surface area contributed by atoms with Gasteiger partial charge in [0.25, 0.3) is 0 Å². The van der Waals surface area contributed by atoms with Crippen LogP contribution in [-0.2, 0) is 10.0 Å². The van der Waals surface area contributed by atoms with Gasteiger partial charge in [0.2, 0.25) is 21.8 Å². The van der Waals surface area contributed by atoms with Crippen molar-refractivity contribution in [3.63, 3.8) is 0 Å². The molecule has 8 nitrogen and oxygen atoms in total. The number of fused-ring (bicyclic) bond motifs is 2. The first kappa shape index (κ1) is 20.2. The number of nitriles is 1. The lowest BCUT2D eigenvalue weighted by Crippen LogP contribution is -2.50. The van der Waals surface area contributed by atoms with Crippen LogP contribution in [0.25, 0.3) is 0 Å². The minimum Gasteiger partial charge on any atom is -0.474 e. The molecule has 1 unspecified atom stereocenters. The van der Waals surface area contributed by atoms with Gasteiger partial charge in [-0.05, 0) is 44.7 Å². The first-order valence-corrected chi connectivity index (χ1v) is 12.1. The molecule has 5 rings (SSSR count). The maximum absolute atomic E-state index is 12.8. The molecule has 1 saturated carbocycles. The van der Waals surface area contributed by atoms with Crippen molar-refractivity contribution in [1.82, 2.24) is 14.3 Å². The Labute approximate surface area is 181 Å². The molecule has 31 heavy (non-hydrogen) atoms. The summed E-state index contributed by atoms with van der Waals surface area (Å²) in [6.07, 6.45) is 5.96. The third-order valence-corrected chi connectivity index (χ3v) is 8.84. The minimum absolute atomic E-state index is 0.00900. The third kappa shape index (κ3) is 3.75. The fourth-order valence-corrected chi connectivity index (χ4v) is 6.97. The summed E-state index contributed by atoms with van der Waals surface area (Å²) >= 11 is 0. The molecule has 2 saturated heterocycles. The van der Waals surface area contributed by atoms with E-state index in [0.29, 0.717) is 41.5 Å². The average molecular weight is 441 g/mol. The van der Waals surface area contributed by atoms with Gasteiger partial charge in [0.15, 0.2) is 0 Å². The number of ether oxygens (including phenoxy) is 2. The normalized spacial score (nSPS) is 25.7. The molecule has 1 aromatic carbocycles. The molecule has 3 aliphatic rings. The highest BCUT2D eigenvalue weighted by atomic mass is 32.2. The molecule has 2 bridgehead atoms. The lowest BCUT2D eigenvalue weighted by atomic mass is 10.0. The van der Waals surface area contributed by atoms with Gasteiger partial charge in [-0.1, -0.05) is 12.1 Å². The number of hydrogen-bond donors (Lipinski definition) is 0. The maximum atomic E-state index is 12.8. The number of aromatic nitrogens is 2. The molecule has 0 amide bonds. The molecule has 0 spiro atoms. The van der Waals surface area contributed by atoms with Crippen molar-refractivity contribution in [2.45, 2.75) is 68.9 Å². The molecule has 3 atom stereocenters. The number of piperidine rings is 1. The van der Waals surface area contributed by atoms with Crippen LogP contribution in [0, 0.1) is 18.3 Å². The van der Waals surface area contributed by atoms with Crippen LogP contribution in [0.1, 0.15) is 49.7 Å². The van der Waals surface area contributed by atoms with Crippen molar-refractivity contribution >= 4 is 10.0 Å². The molecule has 1 aliphatic carbocycles. The lowest BCUT2D eigenvalue weighted by Gasteiger charge is -2.37. The molecule has 1 aromatic heterocycles. The van der Waals surface area contributed by atoms with Crippen LogP contribution in [0.2, 0.25) is 0 Å². The van der Waals surface area contributed by atoms with Crippen molar-refractivity contribution < 1.29 is 17.9 Å². The van der Waals surface area contributed by atoms with E-state index in [1.165, 1.54) is 6.33 Å². The van der Waals surface area contributed by atoms with Gasteiger partial charge in [0.1, 0.15) is 24.3 Å². The van der Waals surface area contributed by atoms with Gasteiger partial charge in [-0.2, -0.15) is 9.57 Å². The monoisotopic (exact) mass is 440 g/mol. The highest BCUT2D eigenvalue weighted by molar-refractivity contribution is 7.90. The number of rotatable bonds is 6. The summed E-state index contributed by atoms with van der Waals surface area (Å²) in [7, 11) is -3.17. The SMILES string of the molecule is Cc1c(Oc2ccccc2C#N)ncnc1OC1C[C@H]2CC[C@@H](C1)N2S(=O)(=O)C1CC1. The quantitative estimate of drug-likeness (QED) is 0.678. The molecular weight excluding hydrogens is 416 g/mol. The van der Waals surface area contributed by atoms with Crippen LogP contribution in [0.4, 0.5) is 0 Å². The second-order valence-electron chi connectivity index (χ2n) is 8.49. The van der Waals surface area contributed by atoms with E-state index in [4.69, 9.17) is 9.47 Å². The highest BCUT2D eigenvalue weighted by Gasteiger charge is 2.52. The number of nitrogens with zero attached hydrogens (tertiary/aromatic N) is 4. The third-order valence-electron chi connectivity index (χ3n) is 6.35. The van der Waals surface area contributed by atoms with E-state index in [1.54, 1.807) is 28.6 Å². The van der Waals surface area contributed by atoms with Crippen LogP contribution >= 0.6 is 0 Å². The number of para-hydroxylation sites is 1. The largest absolute Gasteiger partial charge is 0.474 e. The molecule has 0 N–H and O–H groups in total. The summed E-state index contributed by atoms with van der Waals surface area (Å²) in [5.41, 5.74) is 1.07. The van der Waals surface area contributed by atoms with Crippen molar-refractivity contribution in [1.29, 1.82) is 5.26 Å². The second kappa shape index (κ2) is 7.77. The predicted molar refractivity (Wildman–Crippen MR) is 112 cm³/mol. The van der Waals surface area contributed by atoms with Crippen molar-refractivity contribution in [3.8, 4) is 23.6 Å². The molecule has 2 aliphatic heterocycles. The second-order valence-corrected chi connectivity index (χ2v) is 10.6. The van der Waals surface area contributed by atoms with Crippen LogP contribution in [0.3, 0.4) is 0 Å². The van der Waals surface area contributed by atoms with Crippen molar-refractivity contribution in [2.24, 2.45) is 0 Å². The van der Waals surface area contributed by atoms with Crippen molar-refractivity contribution in [2.75, 3.05) is 0 Å². The first-order valence-electron chi connectivity index (χ1n) is 10.6. The Morgan fingerprint density at radius 3 is 2.42 bits per heavy atom. The molecule has 9 heteroatoms. The Balaban J connectivity index is 1.32. The first-order chi connectivity index (χ1) is 15.0. The molecule has 0 radical (unpaired) electrons. The number of benzene rings is 1. The van der Waals surface area contributed by atoms with Crippen molar-refractivity contribution in [3.05, 3.63) is 41.7 Å². The van der Waals surface area contributed by atoms with Crippen LogP contribution in [-0.4, -0.2) is 46.1 Å². The van der Waals surface area contributed by atoms with E-state index >= 15 is 0 Å². The topological polar surface area (TPSA) is 105 Å². The molecule has 2 aromatic rings. The fourth-order valence-electron chi connectivity index (χ4n) is 4.68. The van der Waals surface area contributed by atoms with E-state index in [2.05, 4.69) is 16.0 Å². The summed E-state index contributed by atoms with van der Waals surface area (Å²) in [5.74, 6) is 1.20. The zero-order valence-electron chi connectivity index (χ0n) is 17.3. The minimum atomic E-state index is -3.17. The standard InChI is InChI=1S/C22H24N4O4S/c1-14-21(24-13-25-22(14)30-20-5-3-2-4-15(20)12-23)29-18-10-16-6-7-17(11-18)26(16)31(27,28)19-8-9-19/h2-5,13,16-19H,6-11H2,1H3/t16-,17+,18?. The van der Waals surface area contributed by atoms with Crippen LogP contribution in [0.5, 0.6) is 17.5 Å². The molecular formula is C22H24N4O4S. The summed E-state index contributed by atoms with van der Waals surface area (Å²) in [4.78, 5) is 8.49. The smallest absolute Gasteiger partial charge is 0.229 e. The van der Waals surface area contributed by atoms with Gasteiger partial charge in [-0.25, -0.2) is 18.4 Å². The van der Waals surface area contributed by atoms with Gasteiger partial charge >= 0.3 is 0 Å². The van der Waals surface area contributed by atoms with Crippen LogP contribution < -0.4 is 9.47 Å². The summed E-state index contributed by atoms with van der Waals surface area (Å²) < 4.78 is 39.5. The number of hydrogen-bond acceptors (Lipinski definition) is 7. The van der Waals surface area contributed by atoms with Crippen LogP contribution in [0.15, 0.2) is 30.6 Å². The average Bonchev–Trinajstić information content (AvgIpc) is 3.57. The lowest BCUT2D eigenvalue weighted by molar-refractivity contribution is 0.0906. The zero-order chi connectivity index (χ0) is 21.6. The van der Waals surface area contributed by atoms with Gasteiger partial charge in [-0.3, -0.25) is 0 Å². The summed E-state index contributed by atoms with van der Waals surface area (Å²) in [6.45, 7) is 1.82. The van der Waals surface area contributed by atoms with E-state index in [0.717, 1.165) is 25.7 Å². The maximum Gasteiger partial charge on any atom is 0.229 e. The van der Waals surface area contributed by atoms with Gasteiger partial charge < -0.3 is 9.47 Å². The van der Waals surface area contributed by atoms with E-state index in [-0.39, 0.29) is 23.4 Å². The van der Waals surface area contributed by atoms with E-state index in [1.807, 2.05) is 6.92 Å². The van der Waals surface area contributed by atoms with Gasteiger partial charge in [0, 0.05) is 24.9 Å².